The largest absolute Gasteiger partial charge is 0.399 e. The van der Waals surface area contributed by atoms with Crippen molar-refractivity contribution in [2.45, 2.75) is 71.6 Å². The van der Waals surface area contributed by atoms with E-state index >= 15 is 0 Å². The molecule has 0 radical (unpaired) electrons. The molecule has 5 rings (SSSR count). The van der Waals surface area contributed by atoms with E-state index in [0.717, 1.165) is 11.8 Å². The van der Waals surface area contributed by atoms with Gasteiger partial charge >= 0.3 is 0 Å². The second-order valence-corrected chi connectivity index (χ2v) is 9.35. The van der Waals surface area contributed by atoms with Crippen molar-refractivity contribution < 1.29 is 4.84 Å². The zero-order valence-electron chi connectivity index (χ0n) is 15.0. The third-order valence-electron chi connectivity index (χ3n) is 9.16. The molecule has 0 N–H and O–H groups in total. The number of fused-ring (bicyclic) bond motifs is 1. The van der Waals surface area contributed by atoms with Crippen LogP contribution in [0.25, 0.3) is 0 Å². The van der Waals surface area contributed by atoms with Crippen molar-refractivity contribution in [3.63, 3.8) is 0 Å². The Morgan fingerprint density at radius 3 is 2.87 bits per heavy atom. The summed E-state index contributed by atoms with van der Waals surface area (Å²) in [5.74, 6) is 2.60. The van der Waals surface area contributed by atoms with Crippen LogP contribution in [0.2, 0.25) is 0 Å². The molecule has 4 saturated carbocycles. The predicted molar refractivity (Wildman–Crippen MR) is 93.2 cm³/mol. The third kappa shape index (κ3) is 1.42. The standard InChI is InChI=1S/C21H31NO/c1-14(22-23-3)16-7-8-17-19(16,2)12-10-18-20-11-5-4-6-15(20)9-13-21(17,18)20/h9,16-18H,4-8,10-13H2,1-3H3/b22-14+. The zero-order chi connectivity index (χ0) is 15.9. The number of hydrogen-bond acceptors (Lipinski definition) is 2. The summed E-state index contributed by atoms with van der Waals surface area (Å²) in [5, 5.41) is 4.35. The molecule has 0 aromatic heterocycles. The first-order chi connectivity index (χ1) is 11.1. The van der Waals surface area contributed by atoms with Crippen LogP contribution >= 0.6 is 0 Å². The second-order valence-electron chi connectivity index (χ2n) is 9.35. The van der Waals surface area contributed by atoms with Crippen LogP contribution in [0.3, 0.4) is 0 Å². The number of rotatable bonds is 2. The highest BCUT2D eigenvalue weighted by molar-refractivity contribution is 5.85. The van der Waals surface area contributed by atoms with Gasteiger partial charge in [0, 0.05) is 11.3 Å². The molecule has 2 spiro atoms. The molecule has 6 atom stereocenters. The molecule has 0 saturated heterocycles. The van der Waals surface area contributed by atoms with Crippen LogP contribution in [-0.4, -0.2) is 12.8 Å². The van der Waals surface area contributed by atoms with Gasteiger partial charge in [0.05, 0.1) is 5.71 Å². The average Bonchev–Trinajstić information content (AvgIpc) is 2.84. The molecule has 0 aliphatic heterocycles. The van der Waals surface area contributed by atoms with Gasteiger partial charge in [-0.15, -0.1) is 0 Å². The molecule has 0 amide bonds. The second kappa shape index (κ2) is 4.43. The summed E-state index contributed by atoms with van der Waals surface area (Å²) in [6, 6.07) is 0. The lowest BCUT2D eigenvalue weighted by Crippen LogP contribution is -2.40. The Labute approximate surface area is 140 Å². The van der Waals surface area contributed by atoms with E-state index in [1.54, 1.807) is 7.11 Å². The van der Waals surface area contributed by atoms with Gasteiger partial charge in [0.2, 0.25) is 0 Å². The zero-order valence-corrected chi connectivity index (χ0v) is 15.0. The Bertz CT molecular complexity index is 607. The number of hydrogen-bond donors (Lipinski definition) is 0. The maximum atomic E-state index is 5.13. The summed E-state index contributed by atoms with van der Waals surface area (Å²) in [5.41, 5.74) is 4.93. The summed E-state index contributed by atoms with van der Waals surface area (Å²) in [7, 11) is 1.69. The summed E-state index contributed by atoms with van der Waals surface area (Å²) >= 11 is 0. The Balaban J connectivity index is 1.53. The maximum absolute atomic E-state index is 5.13. The van der Waals surface area contributed by atoms with Gasteiger partial charge in [0.25, 0.3) is 0 Å². The molecule has 0 heterocycles. The van der Waals surface area contributed by atoms with Gasteiger partial charge < -0.3 is 4.84 Å². The van der Waals surface area contributed by atoms with Crippen LogP contribution < -0.4 is 0 Å². The van der Waals surface area contributed by atoms with Crippen LogP contribution in [0.1, 0.15) is 71.6 Å². The fourth-order valence-electron chi connectivity index (χ4n) is 8.63. The Kier molecular flexibility index (Phi) is 2.80. The Hall–Kier alpha value is -0.790. The highest BCUT2D eigenvalue weighted by atomic mass is 16.6. The smallest absolute Gasteiger partial charge is 0.106 e. The van der Waals surface area contributed by atoms with Crippen molar-refractivity contribution in [1.82, 2.24) is 0 Å². The van der Waals surface area contributed by atoms with E-state index in [1.807, 2.05) is 5.57 Å². The topological polar surface area (TPSA) is 21.6 Å². The average molecular weight is 313 g/mol. The molecule has 0 bridgehead atoms. The van der Waals surface area contributed by atoms with E-state index in [9.17, 15) is 0 Å². The molecule has 5 aliphatic carbocycles. The van der Waals surface area contributed by atoms with Gasteiger partial charge in [-0.3, -0.25) is 0 Å². The number of oxime groups is 1. The quantitative estimate of drug-likeness (QED) is 0.383. The summed E-state index contributed by atoms with van der Waals surface area (Å²) in [6.45, 7) is 4.80. The minimum Gasteiger partial charge on any atom is -0.399 e. The van der Waals surface area contributed by atoms with E-state index in [2.05, 4.69) is 25.1 Å². The van der Waals surface area contributed by atoms with E-state index in [-0.39, 0.29) is 0 Å². The maximum Gasteiger partial charge on any atom is 0.106 e. The van der Waals surface area contributed by atoms with E-state index < -0.39 is 0 Å². The molecule has 126 valence electrons. The lowest BCUT2D eigenvalue weighted by molar-refractivity contribution is 0.0534. The summed E-state index contributed by atoms with van der Waals surface area (Å²) < 4.78 is 0. The Morgan fingerprint density at radius 2 is 2.04 bits per heavy atom. The predicted octanol–water partition coefficient (Wildman–Crippen LogP) is 5.34. The van der Waals surface area contributed by atoms with Crippen LogP contribution in [0, 0.1) is 34.0 Å². The van der Waals surface area contributed by atoms with E-state index in [1.165, 1.54) is 63.5 Å². The van der Waals surface area contributed by atoms with Crippen LogP contribution in [-0.2, 0) is 4.84 Å². The normalized spacial score (nSPS) is 53.8. The van der Waals surface area contributed by atoms with Crippen molar-refractivity contribution in [3.8, 4) is 0 Å². The molecular formula is C21H31NO. The van der Waals surface area contributed by atoms with Crippen molar-refractivity contribution >= 4 is 5.71 Å². The molecular weight excluding hydrogens is 282 g/mol. The number of nitrogens with zero attached hydrogens (tertiary/aromatic N) is 1. The van der Waals surface area contributed by atoms with Crippen LogP contribution in [0.4, 0.5) is 0 Å². The summed E-state index contributed by atoms with van der Waals surface area (Å²) in [4.78, 5) is 5.13. The van der Waals surface area contributed by atoms with Crippen molar-refractivity contribution in [2.75, 3.05) is 7.11 Å². The molecule has 2 heteroatoms. The van der Waals surface area contributed by atoms with Gasteiger partial charge in [-0.1, -0.05) is 30.1 Å². The van der Waals surface area contributed by atoms with Gasteiger partial charge in [-0.25, -0.2) is 0 Å². The molecule has 2 nitrogen and oxygen atoms in total. The first-order valence-corrected chi connectivity index (χ1v) is 9.88. The van der Waals surface area contributed by atoms with E-state index in [4.69, 9.17) is 4.84 Å². The lowest BCUT2D eigenvalue weighted by atomic mass is 9.59. The molecule has 0 aromatic rings. The van der Waals surface area contributed by atoms with Crippen molar-refractivity contribution in [2.24, 2.45) is 39.2 Å². The van der Waals surface area contributed by atoms with Crippen molar-refractivity contribution in [1.29, 1.82) is 0 Å². The fraction of sp³-hybridized carbons (Fsp3) is 0.857. The molecule has 23 heavy (non-hydrogen) atoms. The van der Waals surface area contributed by atoms with E-state index in [0.29, 0.717) is 22.2 Å². The Morgan fingerprint density at radius 1 is 1.17 bits per heavy atom. The highest BCUT2D eigenvalue weighted by Crippen LogP contribution is 2.90. The lowest BCUT2D eigenvalue weighted by Gasteiger charge is -2.45. The van der Waals surface area contributed by atoms with Gasteiger partial charge in [-0.2, -0.15) is 0 Å². The first kappa shape index (κ1) is 14.5. The SMILES string of the molecule is CO/N=C(\C)C1CCC2C1(C)CCC1C34CCCCC3=CCC214. The molecule has 6 unspecified atom stereocenters. The first-order valence-electron chi connectivity index (χ1n) is 9.88. The van der Waals surface area contributed by atoms with Crippen LogP contribution in [0.5, 0.6) is 0 Å². The highest BCUT2D eigenvalue weighted by Gasteiger charge is 2.84. The van der Waals surface area contributed by atoms with Gasteiger partial charge in [0.1, 0.15) is 7.11 Å². The third-order valence-corrected chi connectivity index (χ3v) is 9.16. The minimum atomic E-state index is 0.465. The minimum absolute atomic E-state index is 0.465. The fourth-order valence-corrected chi connectivity index (χ4v) is 8.63. The molecule has 0 aromatic carbocycles. The van der Waals surface area contributed by atoms with Crippen LogP contribution in [0.15, 0.2) is 16.8 Å². The van der Waals surface area contributed by atoms with Crippen molar-refractivity contribution in [3.05, 3.63) is 11.6 Å². The molecule has 5 aliphatic rings. The number of allylic oxidation sites excluding steroid dienone is 2. The van der Waals surface area contributed by atoms with Gasteiger partial charge in [-0.05, 0) is 81.0 Å². The summed E-state index contributed by atoms with van der Waals surface area (Å²) in [6.07, 6.45) is 15.6. The molecule has 4 fully saturated rings. The monoisotopic (exact) mass is 313 g/mol. The van der Waals surface area contributed by atoms with Gasteiger partial charge in [0.15, 0.2) is 0 Å².